The van der Waals surface area contributed by atoms with Gasteiger partial charge in [-0.05, 0) is 45.1 Å². The van der Waals surface area contributed by atoms with Gasteiger partial charge in [0.1, 0.15) is 0 Å². The number of amides is 1. The summed E-state index contributed by atoms with van der Waals surface area (Å²) in [5.74, 6) is 0.870. The van der Waals surface area contributed by atoms with Crippen molar-refractivity contribution in [1.29, 1.82) is 0 Å². The molecule has 4 nitrogen and oxygen atoms in total. The van der Waals surface area contributed by atoms with Gasteiger partial charge >= 0.3 is 0 Å². The van der Waals surface area contributed by atoms with E-state index in [9.17, 15) is 4.79 Å². The summed E-state index contributed by atoms with van der Waals surface area (Å²) in [7, 11) is 0. The molecule has 0 heterocycles. The van der Waals surface area contributed by atoms with Crippen molar-refractivity contribution in [3.8, 4) is 0 Å². The summed E-state index contributed by atoms with van der Waals surface area (Å²) in [6.45, 7) is 3.82. The molecule has 0 bridgehead atoms. The first kappa shape index (κ1) is 12.5. The summed E-state index contributed by atoms with van der Waals surface area (Å²) in [4.78, 5) is 11.3. The van der Waals surface area contributed by atoms with Crippen molar-refractivity contribution >= 4 is 5.91 Å². The molecule has 0 aromatic heterocycles. The number of carbonyl (C=O) groups excluding carboxylic acids is 1. The van der Waals surface area contributed by atoms with E-state index in [2.05, 4.69) is 10.6 Å². The van der Waals surface area contributed by atoms with Crippen LogP contribution >= 0.6 is 0 Å². The second-order valence-electron chi connectivity index (χ2n) is 4.42. The van der Waals surface area contributed by atoms with Crippen LogP contribution in [0.4, 0.5) is 0 Å². The van der Waals surface area contributed by atoms with E-state index in [4.69, 9.17) is 5.11 Å². The predicted octanol–water partition coefficient (Wildman–Crippen LogP) is 0.263. The number of rotatable bonds is 8. The van der Waals surface area contributed by atoms with Crippen LogP contribution < -0.4 is 10.6 Å². The number of aliphatic hydroxyl groups excluding tert-OH is 1. The third kappa shape index (κ3) is 7.33. The van der Waals surface area contributed by atoms with E-state index in [-0.39, 0.29) is 12.0 Å². The lowest BCUT2D eigenvalue weighted by atomic mass is 10.2. The first-order valence-electron chi connectivity index (χ1n) is 5.84. The minimum atomic E-state index is -0.269. The molecule has 0 aromatic carbocycles. The zero-order valence-corrected chi connectivity index (χ0v) is 9.46. The maximum absolute atomic E-state index is 11.3. The van der Waals surface area contributed by atoms with E-state index in [1.807, 2.05) is 0 Å². The van der Waals surface area contributed by atoms with Gasteiger partial charge in [0.2, 0.25) is 5.91 Å². The van der Waals surface area contributed by atoms with Crippen LogP contribution in [0, 0.1) is 5.92 Å². The lowest BCUT2D eigenvalue weighted by Gasteiger charge is -2.07. The molecule has 0 aromatic rings. The lowest BCUT2D eigenvalue weighted by molar-refractivity contribution is -0.120. The quantitative estimate of drug-likeness (QED) is 0.508. The van der Waals surface area contributed by atoms with Gasteiger partial charge in [0.15, 0.2) is 0 Å². The summed E-state index contributed by atoms with van der Waals surface area (Å²) in [6.07, 6.45) is 3.93. The highest BCUT2D eigenvalue weighted by Crippen LogP contribution is 2.27. The Hall–Kier alpha value is -0.610. The highest BCUT2D eigenvalue weighted by molar-refractivity contribution is 5.77. The molecule has 0 radical (unpaired) electrons. The van der Waals surface area contributed by atoms with Gasteiger partial charge < -0.3 is 15.7 Å². The van der Waals surface area contributed by atoms with Gasteiger partial charge in [-0.25, -0.2) is 0 Å². The molecule has 1 rings (SSSR count). The Bertz CT molecular complexity index is 191. The van der Waals surface area contributed by atoms with Gasteiger partial charge in [0, 0.05) is 6.54 Å². The van der Waals surface area contributed by atoms with E-state index < -0.39 is 0 Å². The van der Waals surface area contributed by atoms with Crippen molar-refractivity contribution in [3.05, 3.63) is 0 Å². The summed E-state index contributed by atoms with van der Waals surface area (Å²) in [5.41, 5.74) is 0. The fourth-order valence-corrected chi connectivity index (χ4v) is 1.40. The fourth-order valence-electron chi connectivity index (χ4n) is 1.40. The first-order valence-corrected chi connectivity index (χ1v) is 5.84. The second kappa shape index (κ2) is 6.80. The minimum absolute atomic E-state index is 0.0567. The van der Waals surface area contributed by atoms with Gasteiger partial charge in [0.25, 0.3) is 0 Å². The predicted molar refractivity (Wildman–Crippen MR) is 59.5 cm³/mol. The van der Waals surface area contributed by atoms with Gasteiger partial charge in [-0.15, -0.1) is 0 Å². The molecule has 15 heavy (non-hydrogen) atoms. The number of hydrogen-bond donors (Lipinski definition) is 3. The van der Waals surface area contributed by atoms with Crippen LogP contribution in [0.2, 0.25) is 0 Å². The van der Waals surface area contributed by atoms with E-state index in [0.29, 0.717) is 13.1 Å². The van der Waals surface area contributed by atoms with E-state index in [0.717, 1.165) is 25.3 Å². The smallest absolute Gasteiger partial charge is 0.233 e. The lowest BCUT2D eigenvalue weighted by Crippen LogP contribution is -2.35. The maximum atomic E-state index is 11.3. The largest absolute Gasteiger partial charge is 0.393 e. The molecule has 88 valence electrons. The molecule has 4 heteroatoms. The molecule has 0 saturated heterocycles. The van der Waals surface area contributed by atoms with Gasteiger partial charge in [-0.1, -0.05) is 0 Å². The molecule has 1 saturated carbocycles. The zero-order chi connectivity index (χ0) is 11.1. The number of carbonyl (C=O) groups is 1. The second-order valence-corrected chi connectivity index (χ2v) is 4.42. The van der Waals surface area contributed by atoms with Crippen molar-refractivity contribution in [2.24, 2.45) is 5.92 Å². The zero-order valence-electron chi connectivity index (χ0n) is 9.46. The highest BCUT2D eigenvalue weighted by atomic mass is 16.3. The molecule has 1 aliphatic carbocycles. The topological polar surface area (TPSA) is 61.4 Å². The molecule has 1 atom stereocenters. The molecule has 1 unspecified atom stereocenters. The van der Waals surface area contributed by atoms with Crippen molar-refractivity contribution in [2.75, 3.05) is 19.6 Å². The van der Waals surface area contributed by atoms with Gasteiger partial charge in [-0.2, -0.15) is 0 Å². The van der Waals surface area contributed by atoms with Crippen LogP contribution in [0.5, 0.6) is 0 Å². The Balaban J connectivity index is 1.84. The molecule has 1 aliphatic rings. The van der Waals surface area contributed by atoms with E-state index in [1.54, 1.807) is 6.92 Å². The normalized spacial score (nSPS) is 17.5. The molecule has 1 fully saturated rings. The van der Waals surface area contributed by atoms with Crippen molar-refractivity contribution in [1.82, 2.24) is 10.6 Å². The molecule has 1 amide bonds. The standard InChI is InChI=1S/C11H22N2O2/c1-9(14)3-2-6-13-11(15)8-12-7-10-4-5-10/h9-10,12,14H,2-8H2,1H3,(H,13,15). The fraction of sp³-hybridized carbons (Fsp3) is 0.909. The van der Waals surface area contributed by atoms with Crippen LogP contribution in [0.15, 0.2) is 0 Å². The Morgan fingerprint density at radius 2 is 2.27 bits per heavy atom. The third-order valence-corrected chi connectivity index (χ3v) is 2.54. The molecular weight excluding hydrogens is 192 g/mol. The van der Waals surface area contributed by atoms with Gasteiger partial charge in [-0.3, -0.25) is 4.79 Å². The SMILES string of the molecule is CC(O)CCCNC(=O)CNCC1CC1. The molecule has 0 aliphatic heterocycles. The monoisotopic (exact) mass is 214 g/mol. The third-order valence-electron chi connectivity index (χ3n) is 2.54. The number of nitrogens with one attached hydrogen (secondary N) is 2. The Morgan fingerprint density at radius 3 is 2.87 bits per heavy atom. The molecule has 0 spiro atoms. The number of hydrogen-bond acceptors (Lipinski definition) is 3. The summed E-state index contributed by atoms with van der Waals surface area (Å²) < 4.78 is 0. The van der Waals surface area contributed by atoms with Crippen molar-refractivity contribution < 1.29 is 9.90 Å². The van der Waals surface area contributed by atoms with E-state index >= 15 is 0 Å². The average Bonchev–Trinajstić information content (AvgIpc) is 2.96. The van der Waals surface area contributed by atoms with Crippen molar-refractivity contribution in [2.45, 2.75) is 38.7 Å². The van der Waals surface area contributed by atoms with Crippen LogP contribution in [0.25, 0.3) is 0 Å². The average molecular weight is 214 g/mol. The van der Waals surface area contributed by atoms with Crippen LogP contribution in [-0.4, -0.2) is 36.8 Å². The maximum Gasteiger partial charge on any atom is 0.233 e. The minimum Gasteiger partial charge on any atom is -0.393 e. The Kier molecular flexibility index (Phi) is 5.65. The highest BCUT2D eigenvalue weighted by Gasteiger charge is 2.20. The summed E-state index contributed by atoms with van der Waals surface area (Å²) in [6, 6.07) is 0. The molecule has 3 N–H and O–H groups in total. The van der Waals surface area contributed by atoms with E-state index in [1.165, 1.54) is 12.8 Å². The first-order chi connectivity index (χ1) is 7.18. The van der Waals surface area contributed by atoms with Gasteiger partial charge in [0.05, 0.1) is 12.6 Å². The van der Waals surface area contributed by atoms with Crippen molar-refractivity contribution in [3.63, 3.8) is 0 Å². The summed E-state index contributed by atoms with van der Waals surface area (Å²) in [5, 5.41) is 15.0. The Labute approximate surface area is 91.4 Å². The number of aliphatic hydroxyl groups is 1. The van der Waals surface area contributed by atoms with Crippen LogP contribution in [0.1, 0.15) is 32.6 Å². The van der Waals surface area contributed by atoms with Crippen LogP contribution in [0.3, 0.4) is 0 Å². The van der Waals surface area contributed by atoms with Crippen LogP contribution in [-0.2, 0) is 4.79 Å². The molecular formula is C11H22N2O2. The summed E-state index contributed by atoms with van der Waals surface area (Å²) >= 11 is 0. The Morgan fingerprint density at radius 1 is 1.53 bits per heavy atom.